The number of aliphatic hydroxyl groups is 1. The molecule has 1 aliphatic heterocycles. The highest BCUT2D eigenvalue weighted by atomic mass is 35.5. The second-order valence-electron chi connectivity index (χ2n) is 6.10. The van der Waals surface area contributed by atoms with E-state index >= 15 is 0 Å². The lowest BCUT2D eigenvalue weighted by Gasteiger charge is -2.27. The first-order valence-electron chi connectivity index (χ1n) is 8.08. The van der Waals surface area contributed by atoms with Crippen LogP contribution >= 0.6 is 11.6 Å². The Hall–Kier alpha value is -2.77. The lowest BCUT2D eigenvalue weighted by atomic mass is 9.99. The number of ether oxygens (including phenoxy) is 1. The SMILES string of the molecule is O=C(O)C1=Cc2cc(/C=C/c3ccc(CO)cc3)cc(Cl)c2OC1C(F)(F)F. The van der Waals surface area contributed by atoms with Gasteiger partial charge in [-0.1, -0.05) is 48.0 Å². The first-order valence-corrected chi connectivity index (χ1v) is 8.46. The van der Waals surface area contributed by atoms with Crippen LogP contribution in [0.15, 0.2) is 42.0 Å². The van der Waals surface area contributed by atoms with Crippen molar-refractivity contribution in [3.05, 3.63) is 69.2 Å². The van der Waals surface area contributed by atoms with Gasteiger partial charge in [-0.25, -0.2) is 4.79 Å². The maximum atomic E-state index is 13.1. The van der Waals surface area contributed by atoms with E-state index in [1.807, 2.05) is 0 Å². The zero-order chi connectivity index (χ0) is 20.5. The van der Waals surface area contributed by atoms with Crippen LogP contribution in [0.1, 0.15) is 22.3 Å². The fourth-order valence-electron chi connectivity index (χ4n) is 2.73. The molecule has 146 valence electrons. The van der Waals surface area contributed by atoms with Gasteiger partial charge in [-0.3, -0.25) is 0 Å². The third-order valence-electron chi connectivity index (χ3n) is 4.10. The summed E-state index contributed by atoms with van der Waals surface area (Å²) in [6, 6.07) is 10.0. The number of aliphatic hydroxyl groups excluding tert-OH is 1. The number of alkyl halides is 3. The van der Waals surface area contributed by atoms with Crippen molar-refractivity contribution >= 4 is 35.8 Å². The number of aliphatic carboxylic acids is 1. The number of fused-ring (bicyclic) bond motifs is 1. The topological polar surface area (TPSA) is 66.8 Å². The quantitative estimate of drug-likeness (QED) is 0.711. The molecule has 1 heterocycles. The third kappa shape index (κ3) is 4.21. The average molecular weight is 411 g/mol. The highest BCUT2D eigenvalue weighted by Gasteiger charge is 2.48. The number of halogens is 4. The van der Waals surface area contributed by atoms with Crippen LogP contribution in [-0.2, 0) is 11.4 Å². The molecule has 0 saturated carbocycles. The fourth-order valence-corrected chi connectivity index (χ4v) is 3.01. The van der Waals surface area contributed by atoms with Gasteiger partial charge in [-0.2, -0.15) is 13.2 Å². The number of rotatable bonds is 4. The summed E-state index contributed by atoms with van der Waals surface area (Å²) in [7, 11) is 0. The maximum absolute atomic E-state index is 13.1. The second-order valence-corrected chi connectivity index (χ2v) is 6.51. The number of carboxylic acids is 1. The predicted octanol–water partition coefficient (Wildman–Crippen LogP) is 4.79. The van der Waals surface area contributed by atoms with E-state index in [9.17, 15) is 18.0 Å². The molecular formula is C20H14ClF3O4. The van der Waals surface area contributed by atoms with Gasteiger partial charge in [0.2, 0.25) is 6.10 Å². The van der Waals surface area contributed by atoms with Crippen molar-refractivity contribution in [2.45, 2.75) is 18.9 Å². The first kappa shape index (κ1) is 20.0. The molecule has 2 aromatic carbocycles. The van der Waals surface area contributed by atoms with Gasteiger partial charge in [0.15, 0.2) is 0 Å². The van der Waals surface area contributed by atoms with E-state index < -0.39 is 23.8 Å². The Morgan fingerprint density at radius 2 is 1.79 bits per heavy atom. The molecule has 4 nitrogen and oxygen atoms in total. The summed E-state index contributed by atoms with van der Waals surface area (Å²) in [5.74, 6) is -1.92. The van der Waals surface area contributed by atoms with Crippen LogP contribution < -0.4 is 4.74 Å². The zero-order valence-electron chi connectivity index (χ0n) is 14.2. The van der Waals surface area contributed by atoms with E-state index in [1.165, 1.54) is 12.1 Å². The average Bonchev–Trinajstić information content (AvgIpc) is 2.65. The maximum Gasteiger partial charge on any atom is 0.430 e. The summed E-state index contributed by atoms with van der Waals surface area (Å²) in [5.41, 5.74) is 1.40. The van der Waals surface area contributed by atoms with Crippen LogP contribution in [-0.4, -0.2) is 28.5 Å². The van der Waals surface area contributed by atoms with Crippen molar-refractivity contribution in [2.75, 3.05) is 0 Å². The van der Waals surface area contributed by atoms with E-state index in [0.717, 1.165) is 17.2 Å². The Bertz CT molecular complexity index is 963. The van der Waals surface area contributed by atoms with Crippen molar-refractivity contribution in [2.24, 2.45) is 0 Å². The third-order valence-corrected chi connectivity index (χ3v) is 4.38. The number of carbonyl (C=O) groups is 1. The molecule has 2 N–H and O–H groups in total. The van der Waals surface area contributed by atoms with Crippen molar-refractivity contribution < 1.29 is 32.9 Å². The first-order chi connectivity index (χ1) is 13.2. The monoisotopic (exact) mass is 410 g/mol. The van der Waals surface area contributed by atoms with Gasteiger partial charge in [0.25, 0.3) is 0 Å². The Balaban J connectivity index is 1.96. The molecule has 8 heteroatoms. The van der Waals surface area contributed by atoms with Gasteiger partial charge in [0, 0.05) is 5.56 Å². The molecule has 0 aromatic heterocycles. The van der Waals surface area contributed by atoms with Crippen LogP contribution in [0, 0.1) is 0 Å². The lowest BCUT2D eigenvalue weighted by Crippen LogP contribution is -2.40. The highest BCUT2D eigenvalue weighted by molar-refractivity contribution is 6.32. The molecule has 0 bridgehead atoms. The van der Waals surface area contributed by atoms with E-state index in [1.54, 1.807) is 36.4 Å². The summed E-state index contributed by atoms with van der Waals surface area (Å²) in [4.78, 5) is 11.2. The van der Waals surface area contributed by atoms with Crippen molar-refractivity contribution in [3.8, 4) is 5.75 Å². The Morgan fingerprint density at radius 3 is 2.36 bits per heavy atom. The highest BCUT2D eigenvalue weighted by Crippen LogP contribution is 2.41. The number of benzene rings is 2. The number of hydrogen-bond acceptors (Lipinski definition) is 3. The Morgan fingerprint density at radius 1 is 1.14 bits per heavy atom. The summed E-state index contributed by atoms with van der Waals surface area (Å²) in [6.07, 6.45) is -3.10. The molecule has 1 unspecified atom stereocenters. The molecule has 0 saturated heterocycles. The van der Waals surface area contributed by atoms with Gasteiger partial charge in [-0.15, -0.1) is 0 Å². The summed E-state index contributed by atoms with van der Waals surface area (Å²) >= 11 is 6.08. The van der Waals surface area contributed by atoms with Crippen LogP contribution in [0.4, 0.5) is 13.2 Å². The van der Waals surface area contributed by atoms with Crippen LogP contribution in [0.2, 0.25) is 5.02 Å². The molecule has 1 aliphatic rings. The minimum atomic E-state index is -4.88. The summed E-state index contributed by atoms with van der Waals surface area (Å²) in [6.45, 7) is -0.0679. The van der Waals surface area contributed by atoms with Gasteiger partial charge < -0.3 is 14.9 Å². The molecule has 0 amide bonds. The van der Waals surface area contributed by atoms with E-state index in [-0.39, 0.29) is 22.9 Å². The van der Waals surface area contributed by atoms with E-state index in [2.05, 4.69) is 0 Å². The normalized spacial score (nSPS) is 16.5. The smallest absolute Gasteiger partial charge is 0.430 e. The second kappa shape index (κ2) is 7.69. The standard InChI is InChI=1S/C20H14ClF3O4/c21-16-8-13(6-3-11-1-4-12(10-25)5-2-11)7-14-9-15(19(26)27)18(20(22,23)24)28-17(14)16/h1-9,18,25H,10H2,(H,26,27)/b6-3+. The Labute approximate surface area is 163 Å². The molecule has 0 fully saturated rings. The van der Waals surface area contributed by atoms with E-state index in [4.69, 9.17) is 26.6 Å². The molecule has 28 heavy (non-hydrogen) atoms. The van der Waals surface area contributed by atoms with Gasteiger partial charge in [0.05, 0.1) is 17.2 Å². The molecule has 3 rings (SSSR count). The largest absolute Gasteiger partial charge is 0.478 e. The minimum absolute atomic E-state index is 0.0530. The van der Waals surface area contributed by atoms with Gasteiger partial charge in [-0.05, 0) is 34.9 Å². The molecular weight excluding hydrogens is 397 g/mol. The van der Waals surface area contributed by atoms with Gasteiger partial charge >= 0.3 is 12.1 Å². The van der Waals surface area contributed by atoms with Crippen molar-refractivity contribution in [1.82, 2.24) is 0 Å². The summed E-state index contributed by atoms with van der Waals surface area (Å²) in [5, 5.41) is 18.1. The van der Waals surface area contributed by atoms with Crippen LogP contribution in [0.5, 0.6) is 5.75 Å². The zero-order valence-corrected chi connectivity index (χ0v) is 15.0. The molecule has 1 atom stereocenters. The number of hydrogen-bond donors (Lipinski definition) is 2. The lowest BCUT2D eigenvalue weighted by molar-refractivity contribution is -0.187. The predicted molar refractivity (Wildman–Crippen MR) is 98.8 cm³/mol. The minimum Gasteiger partial charge on any atom is -0.478 e. The molecule has 0 spiro atoms. The molecule has 0 aliphatic carbocycles. The van der Waals surface area contributed by atoms with Crippen LogP contribution in [0.25, 0.3) is 18.2 Å². The van der Waals surface area contributed by atoms with Crippen molar-refractivity contribution in [3.63, 3.8) is 0 Å². The van der Waals surface area contributed by atoms with Gasteiger partial charge in [0.1, 0.15) is 5.75 Å². The number of carboxylic acid groups (broad SMARTS) is 1. The van der Waals surface area contributed by atoms with E-state index in [0.29, 0.717) is 5.56 Å². The van der Waals surface area contributed by atoms with Crippen LogP contribution in [0.3, 0.4) is 0 Å². The van der Waals surface area contributed by atoms with Crippen molar-refractivity contribution in [1.29, 1.82) is 0 Å². The molecule has 2 aromatic rings. The Kier molecular flexibility index (Phi) is 5.49. The fraction of sp³-hybridized carbons (Fsp3) is 0.150. The molecule has 0 radical (unpaired) electrons. The summed E-state index contributed by atoms with van der Waals surface area (Å²) < 4.78 is 44.3.